The molecule has 0 radical (unpaired) electrons. The molecule has 0 aromatic carbocycles. The lowest BCUT2D eigenvalue weighted by Crippen LogP contribution is -2.53. The molecule has 2 unspecified atom stereocenters. The molecule has 0 aliphatic heterocycles. The van der Waals surface area contributed by atoms with Crippen LogP contribution in [-0.4, -0.2) is 5.54 Å². The number of rotatable bonds is 0. The minimum Gasteiger partial charge on any atom is -0.325 e. The predicted molar refractivity (Wildman–Crippen MR) is 54.3 cm³/mol. The second kappa shape index (κ2) is 2.31. The summed E-state index contributed by atoms with van der Waals surface area (Å²) >= 11 is 0. The molecule has 13 heavy (non-hydrogen) atoms. The zero-order valence-corrected chi connectivity index (χ0v) is 8.68. The molecular weight excluding hydrogens is 158 g/mol. The van der Waals surface area contributed by atoms with Crippen LogP contribution in [0.25, 0.3) is 0 Å². The molecule has 0 saturated heterocycles. The van der Waals surface area contributed by atoms with E-state index in [1.54, 1.807) is 0 Å². The zero-order valence-electron chi connectivity index (χ0n) is 8.68. The van der Waals surface area contributed by atoms with Gasteiger partial charge in [-0.05, 0) is 49.4 Å². The summed E-state index contributed by atoms with van der Waals surface area (Å²) in [5, 5.41) is 0. The first kappa shape index (κ1) is 8.28. The van der Waals surface area contributed by atoms with E-state index in [-0.39, 0.29) is 5.54 Å². The van der Waals surface area contributed by atoms with Crippen LogP contribution in [-0.2, 0) is 0 Å². The van der Waals surface area contributed by atoms with Gasteiger partial charge in [-0.1, -0.05) is 19.8 Å². The largest absolute Gasteiger partial charge is 0.325 e. The van der Waals surface area contributed by atoms with E-state index < -0.39 is 0 Å². The van der Waals surface area contributed by atoms with Crippen molar-refractivity contribution in [2.75, 3.05) is 0 Å². The molecule has 2 N–H and O–H groups in total. The van der Waals surface area contributed by atoms with Gasteiger partial charge >= 0.3 is 0 Å². The van der Waals surface area contributed by atoms with E-state index in [9.17, 15) is 0 Å². The molecule has 4 bridgehead atoms. The third kappa shape index (κ3) is 1.24. The average Bonchev–Trinajstić information content (AvgIpc) is 2.11. The SMILES string of the molecule is CC12CC3CCC(C1)CC(N)(C3)C2. The van der Waals surface area contributed by atoms with Crippen molar-refractivity contribution < 1.29 is 0 Å². The highest BCUT2D eigenvalue weighted by Crippen LogP contribution is 2.58. The average molecular weight is 179 g/mol. The van der Waals surface area contributed by atoms with Crippen molar-refractivity contribution in [2.24, 2.45) is 23.0 Å². The number of fused-ring (bicyclic) bond motifs is 1. The Balaban J connectivity index is 2.00. The lowest BCUT2D eigenvalue weighted by molar-refractivity contribution is 0.0302. The van der Waals surface area contributed by atoms with E-state index in [0.717, 1.165) is 11.8 Å². The molecule has 0 aromatic heterocycles. The molecule has 4 rings (SSSR count). The fourth-order valence-corrected chi connectivity index (χ4v) is 4.87. The molecule has 4 saturated carbocycles. The van der Waals surface area contributed by atoms with Gasteiger partial charge in [-0.15, -0.1) is 0 Å². The van der Waals surface area contributed by atoms with Crippen molar-refractivity contribution in [3.63, 3.8) is 0 Å². The summed E-state index contributed by atoms with van der Waals surface area (Å²) in [7, 11) is 0. The second-order valence-corrected chi connectivity index (χ2v) is 6.48. The fourth-order valence-electron chi connectivity index (χ4n) is 4.87. The van der Waals surface area contributed by atoms with E-state index in [1.165, 1.54) is 44.9 Å². The first-order valence-electron chi connectivity index (χ1n) is 5.86. The Morgan fingerprint density at radius 3 is 2.00 bits per heavy atom. The van der Waals surface area contributed by atoms with Crippen molar-refractivity contribution in [3.05, 3.63) is 0 Å². The van der Waals surface area contributed by atoms with Crippen molar-refractivity contribution in [1.29, 1.82) is 0 Å². The van der Waals surface area contributed by atoms with Gasteiger partial charge in [0, 0.05) is 5.54 Å². The van der Waals surface area contributed by atoms with Crippen LogP contribution in [0.3, 0.4) is 0 Å². The molecule has 2 atom stereocenters. The second-order valence-electron chi connectivity index (χ2n) is 6.48. The van der Waals surface area contributed by atoms with E-state index in [0.29, 0.717) is 5.41 Å². The van der Waals surface area contributed by atoms with Gasteiger partial charge in [0.05, 0.1) is 0 Å². The van der Waals surface area contributed by atoms with Gasteiger partial charge in [-0.2, -0.15) is 0 Å². The smallest absolute Gasteiger partial charge is 0.0164 e. The molecule has 4 fully saturated rings. The van der Waals surface area contributed by atoms with Crippen LogP contribution < -0.4 is 5.73 Å². The Kier molecular flexibility index (Phi) is 1.47. The van der Waals surface area contributed by atoms with Crippen LogP contribution in [0.15, 0.2) is 0 Å². The first-order chi connectivity index (χ1) is 6.07. The van der Waals surface area contributed by atoms with E-state index in [2.05, 4.69) is 6.92 Å². The lowest BCUT2D eigenvalue weighted by atomic mass is 9.56. The van der Waals surface area contributed by atoms with E-state index in [1.807, 2.05) is 0 Å². The minimum atomic E-state index is 0.247. The third-order valence-electron chi connectivity index (χ3n) is 4.72. The van der Waals surface area contributed by atoms with Crippen LogP contribution in [0.1, 0.15) is 51.9 Å². The van der Waals surface area contributed by atoms with Gasteiger partial charge in [-0.3, -0.25) is 0 Å². The van der Waals surface area contributed by atoms with Gasteiger partial charge < -0.3 is 5.73 Å². The predicted octanol–water partition coefficient (Wildman–Crippen LogP) is 2.69. The highest BCUT2D eigenvalue weighted by molar-refractivity contribution is 5.06. The maximum absolute atomic E-state index is 6.51. The van der Waals surface area contributed by atoms with Gasteiger partial charge in [0.25, 0.3) is 0 Å². The Bertz CT molecular complexity index is 197. The summed E-state index contributed by atoms with van der Waals surface area (Å²) in [6.07, 6.45) is 9.87. The molecule has 0 amide bonds. The molecule has 1 nitrogen and oxygen atoms in total. The summed E-state index contributed by atoms with van der Waals surface area (Å²) in [5.74, 6) is 1.94. The van der Waals surface area contributed by atoms with Crippen molar-refractivity contribution in [3.8, 4) is 0 Å². The van der Waals surface area contributed by atoms with Crippen LogP contribution in [0.2, 0.25) is 0 Å². The van der Waals surface area contributed by atoms with Crippen LogP contribution in [0.4, 0.5) is 0 Å². The normalized spacial score (nSPS) is 59.5. The molecule has 0 spiro atoms. The Labute approximate surface area is 81.1 Å². The molecule has 4 aliphatic rings. The van der Waals surface area contributed by atoms with Gasteiger partial charge in [-0.25, -0.2) is 0 Å². The van der Waals surface area contributed by atoms with Crippen molar-refractivity contribution in [1.82, 2.24) is 0 Å². The van der Waals surface area contributed by atoms with Gasteiger partial charge in [0.15, 0.2) is 0 Å². The molecule has 74 valence electrons. The molecule has 1 heteroatoms. The maximum Gasteiger partial charge on any atom is 0.0164 e. The summed E-state index contributed by atoms with van der Waals surface area (Å²) in [6.45, 7) is 2.48. The highest BCUT2D eigenvalue weighted by atomic mass is 14.8. The Morgan fingerprint density at radius 1 is 1.00 bits per heavy atom. The number of nitrogens with two attached hydrogens (primary N) is 1. The van der Waals surface area contributed by atoms with Gasteiger partial charge in [0.1, 0.15) is 0 Å². The van der Waals surface area contributed by atoms with Gasteiger partial charge in [0.2, 0.25) is 0 Å². The topological polar surface area (TPSA) is 26.0 Å². The molecule has 0 aromatic rings. The van der Waals surface area contributed by atoms with E-state index in [4.69, 9.17) is 5.73 Å². The van der Waals surface area contributed by atoms with Crippen LogP contribution in [0, 0.1) is 17.3 Å². The molecule has 4 aliphatic carbocycles. The minimum absolute atomic E-state index is 0.247. The van der Waals surface area contributed by atoms with Crippen LogP contribution >= 0.6 is 0 Å². The summed E-state index contributed by atoms with van der Waals surface area (Å²) in [5.41, 5.74) is 7.38. The number of hydrogen-bond acceptors (Lipinski definition) is 1. The van der Waals surface area contributed by atoms with Crippen molar-refractivity contribution >= 4 is 0 Å². The standard InChI is InChI=1S/C12H21N/c1-11-4-9-2-3-10(5-11)7-12(13,6-9)8-11/h9-10H,2-8,13H2,1H3. The fraction of sp³-hybridized carbons (Fsp3) is 1.00. The molecule has 0 heterocycles. The quantitative estimate of drug-likeness (QED) is 0.608. The zero-order chi connectivity index (χ0) is 9.10. The molecular formula is C12H21N. The van der Waals surface area contributed by atoms with Crippen molar-refractivity contribution in [2.45, 2.75) is 57.4 Å². The Hall–Kier alpha value is -0.0400. The Morgan fingerprint density at radius 2 is 1.54 bits per heavy atom. The number of hydrogen-bond donors (Lipinski definition) is 1. The third-order valence-corrected chi connectivity index (χ3v) is 4.72. The summed E-state index contributed by atoms with van der Waals surface area (Å²) in [6, 6.07) is 0. The monoisotopic (exact) mass is 179 g/mol. The summed E-state index contributed by atoms with van der Waals surface area (Å²) in [4.78, 5) is 0. The lowest BCUT2D eigenvalue weighted by Gasteiger charge is -2.52. The summed E-state index contributed by atoms with van der Waals surface area (Å²) < 4.78 is 0. The van der Waals surface area contributed by atoms with Crippen LogP contribution in [0.5, 0.6) is 0 Å². The highest BCUT2D eigenvalue weighted by Gasteiger charge is 2.51. The van der Waals surface area contributed by atoms with E-state index >= 15 is 0 Å². The maximum atomic E-state index is 6.51. The first-order valence-corrected chi connectivity index (χ1v) is 5.86.